The van der Waals surface area contributed by atoms with Crippen molar-refractivity contribution in [1.29, 1.82) is 0 Å². The average Bonchev–Trinajstić information content (AvgIpc) is 3.22. The van der Waals surface area contributed by atoms with Crippen LogP contribution in [0.3, 0.4) is 0 Å². The number of carbonyl (C=O) groups is 4. The van der Waals surface area contributed by atoms with E-state index in [1.165, 1.54) is 7.11 Å². The maximum absolute atomic E-state index is 13.3. The number of aromatic nitrogens is 1. The lowest BCUT2D eigenvalue weighted by molar-refractivity contribution is -0.146. The van der Waals surface area contributed by atoms with Crippen molar-refractivity contribution in [2.24, 2.45) is 11.3 Å². The fraction of sp³-hybridized carbons (Fsp3) is 0.520. The minimum absolute atomic E-state index is 0.113. The Bertz CT molecular complexity index is 1160. The normalized spacial score (nSPS) is 17.7. The first-order valence-electron chi connectivity index (χ1n) is 11.8. The molecule has 0 unspecified atom stereocenters. The Morgan fingerprint density at radius 2 is 1.86 bits per heavy atom. The number of hydrogen-bond acceptors (Lipinski definition) is 5. The van der Waals surface area contributed by atoms with E-state index < -0.39 is 35.8 Å². The number of methoxy groups -OCH3 is 1. The van der Waals surface area contributed by atoms with Crippen LogP contribution in [0.1, 0.15) is 56.9 Å². The molecule has 0 bridgehead atoms. The lowest BCUT2D eigenvalue weighted by Crippen LogP contribution is -2.54. The van der Waals surface area contributed by atoms with Crippen LogP contribution in [0.15, 0.2) is 18.2 Å². The van der Waals surface area contributed by atoms with Gasteiger partial charge in [0.2, 0.25) is 11.8 Å². The fourth-order valence-electron chi connectivity index (χ4n) is 4.31. The summed E-state index contributed by atoms with van der Waals surface area (Å²) < 4.78 is 4.87. The Balaban J connectivity index is 1.79. The van der Waals surface area contributed by atoms with Crippen LogP contribution >= 0.6 is 23.2 Å². The zero-order valence-corrected chi connectivity index (χ0v) is 22.3. The van der Waals surface area contributed by atoms with Gasteiger partial charge in [0.15, 0.2) is 0 Å². The van der Waals surface area contributed by atoms with Gasteiger partial charge in [-0.3, -0.25) is 14.4 Å². The minimum atomic E-state index is -1.02. The average molecular weight is 539 g/mol. The molecule has 1 aliphatic rings. The Morgan fingerprint density at radius 1 is 1.14 bits per heavy atom. The summed E-state index contributed by atoms with van der Waals surface area (Å²) in [5.41, 5.74) is 0.478. The Kier molecular flexibility index (Phi) is 8.89. The first kappa shape index (κ1) is 27.8. The van der Waals surface area contributed by atoms with Crippen LogP contribution in [0.4, 0.5) is 0 Å². The molecule has 2 aromatic rings. The van der Waals surface area contributed by atoms with Gasteiger partial charge in [0.05, 0.1) is 12.1 Å². The fourth-order valence-corrected chi connectivity index (χ4v) is 4.86. The van der Waals surface area contributed by atoms with Crippen LogP contribution in [0.25, 0.3) is 10.9 Å². The van der Waals surface area contributed by atoms with Gasteiger partial charge in [0, 0.05) is 28.4 Å². The summed E-state index contributed by atoms with van der Waals surface area (Å²) in [6, 6.07) is 2.85. The molecule has 36 heavy (non-hydrogen) atoms. The number of esters is 1. The predicted molar refractivity (Wildman–Crippen MR) is 138 cm³/mol. The molecule has 2 heterocycles. The van der Waals surface area contributed by atoms with E-state index in [0.717, 1.165) is 6.42 Å². The molecule has 3 amide bonds. The summed E-state index contributed by atoms with van der Waals surface area (Å²) in [5.74, 6) is -2.26. The Hall–Kier alpha value is -2.78. The number of amides is 3. The summed E-state index contributed by atoms with van der Waals surface area (Å²) in [6.45, 7) is 6.41. The first-order chi connectivity index (χ1) is 16.9. The SMILES string of the molecule is COC(=O)[C@H](C[C@@H]1CCCNC1=O)NC(=O)[C@H](CC(C)(C)C)NC(=O)c1cc2c(Cl)cc(Cl)cc2[nH]1. The minimum Gasteiger partial charge on any atom is -0.467 e. The van der Waals surface area contributed by atoms with Gasteiger partial charge in [-0.05, 0) is 49.3 Å². The predicted octanol–water partition coefficient (Wildman–Crippen LogP) is 3.58. The van der Waals surface area contributed by atoms with E-state index in [2.05, 4.69) is 20.9 Å². The molecular formula is C25H32Cl2N4O5. The molecule has 1 aromatic heterocycles. The topological polar surface area (TPSA) is 129 Å². The van der Waals surface area contributed by atoms with Crippen LogP contribution in [-0.4, -0.2) is 54.4 Å². The molecule has 1 saturated heterocycles. The number of piperidine rings is 1. The highest BCUT2D eigenvalue weighted by molar-refractivity contribution is 6.38. The van der Waals surface area contributed by atoms with E-state index in [0.29, 0.717) is 40.3 Å². The quantitative estimate of drug-likeness (QED) is 0.381. The van der Waals surface area contributed by atoms with Crippen LogP contribution < -0.4 is 16.0 Å². The molecule has 0 aliphatic carbocycles. The summed E-state index contributed by atoms with van der Waals surface area (Å²) in [6.07, 6.45) is 1.82. The molecule has 1 fully saturated rings. The molecule has 196 valence electrons. The second-order valence-electron chi connectivity index (χ2n) is 10.3. The number of rotatable bonds is 8. The van der Waals surface area contributed by atoms with E-state index in [1.807, 2.05) is 20.8 Å². The van der Waals surface area contributed by atoms with E-state index in [9.17, 15) is 19.2 Å². The van der Waals surface area contributed by atoms with Gasteiger partial charge in [-0.2, -0.15) is 0 Å². The zero-order valence-electron chi connectivity index (χ0n) is 20.8. The zero-order chi connectivity index (χ0) is 26.6. The molecule has 0 radical (unpaired) electrons. The third-order valence-corrected chi connectivity index (χ3v) is 6.59. The van der Waals surface area contributed by atoms with Gasteiger partial charge in [0.25, 0.3) is 5.91 Å². The standard InChI is InChI=1S/C25H32Cl2N4O5/c1-25(2,3)12-20(31-22(33)18-11-15-16(27)9-14(26)10-17(15)29-18)23(34)30-19(24(35)36-4)8-13-6-5-7-28-21(13)32/h9-11,13,19-20,29H,5-8,12H2,1-4H3,(H,28,32)(H,30,34)(H,31,33)/t13-,19-,20-/m0/s1. The van der Waals surface area contributed by atoms with Gasteiger partial charge in [-0.1, -0.05) is 44.0 Å². The second kappa shape index (κ2) is 11.5. The van der Waals surface area contributed by atoms with Gasteiger partial charge >= 0.3 is 5.97 Å². The van der Waals surface area contributed by atoms with Gasteiger partial charge in [0.1, 0.15) is 17.8 Å². The summed E-state index contributed by atoms with van der Waals surface area (Å²) in [5, 5.41) is 9.69. The number of H-pyrrole nitrogens is 1. The molecule has 9 nitrogen and oxygen atoms in total. The third kappa shape index (κ3) is 7.13. The molecule has 1 aliphatic heterocycles. The van der Waals surface area contributed by atoms with Crippen LogP contribution in [0, 0.1) is 11.3 Å². The monoisotopic (exact) mass is 538 g/mol. The van der Waals surface area contributed by atoms with Gasteiger partial charge in [-0.15, -0.1) is 0 Å². The van der Waals surface area contributed by atoms with Crippen molar-refractivity contribution in [1.82, 2.24) is 20.9 Å². The number of fused-ring (bicyclic) bond motifs is 1. The van der Waals surface area contributed by atoms with E-state index in [1.54, 1.807) is 18.2 Å². The smallest absolute Gasteiger partial charge is 0.328 e. The second-order valence-corrected chi connectivity index (χ2v) is 11.1. The highest BCUT2D eigenvalue weighted by Gasteiger charge is 2.34. The lowest BCUT2D eigenvalue weighted by Gasteiger charge is -2.29. The molecular weight excluding hydrogens is 507 g/mol. The van der Waals surface area contributed by atoms with Crippen molar-refractivity contribution in [2.75, 3.05) is 13.7 Å². The highest BCUT2D eigenvalue weighted by Crippen LogP contribution is 2.29. The van der Waals surface area contributed by atoms with Crippen molar-refractivity contribution in [3.8, 4) is 0 Å². The van der Waals surface area contributed by atoms with Crippen molar-refractivity contribution >= 4 is 57.8 Å². The van der Waals surface area contributed by atoms with Crippen molar-refractivity contribution in [3.63, 3.8) is 0 Å². The number of halogens is 2. The summed E-state index contributed by atoms with van der Waals surface area (Å²) in [4.78, 5) is 54.1. The van der Waals surface area contributed by atoms with E-state index in [-0.39, 0.29) is 23.4 Å². The summed E-state index contributed by atoms with van der Waals surface area (Å²) in [7, 11) is 1.23. The highest BCUT2D eigenvalue weighted by atomic mass is 35.5. The van der Waals surface area contributed by atoms with Gasteiger partial charge < -0.3 is 25.7 Å². The number of aromatic amines is 1. The number of carbonyl (C=O) groups excluding carboxylic acids is 4. The molecule has 3 atom stereocenters. The third-order valence-electron chi connectivity index (χ3n) is 6.06. The largest absolute Gasteiger partial charge is 0.467 e. The van der Waals surface area contributed by atoms with Crippen molar-refractivity contribution in [2.45, 2.75) is 58.5 Å². The lowest BCUT2D eigenvalue weighted by atomic mass is 9.87. The van der Waals surface area contributed by atoms with E-state index >= 15 is 0 Å². The number of benzene rings is 1. The molecule has 0 spiro atoms. The molecule has 11 heteroatoms. The van der Waals surface area contributed by atoms with Crippen LogP contribution in [-0.2, 0) is 19.1 Å². The Labute approximate surface area is 220 Å². The maximum Gasteiger partial charge on any atom is 0.328 e. The number of ether oxygens (including phenoxy) is 1. The van der Waals surface area contributed by atoms with Gasteiger partial charge in [-0.25, -0.2) is 4.79 Å². The number of hydrogen-bond donors (Lipinski definition) is 4. The molecule has 3 rings (SSSR count). The first-order valence-corrected chi connectivity index (χ1v) is 12.6. The van der Waals surface area contributed by atoms with Crippen LogP contribution in [0.2, 0.25) is 10.0 Å². The number of nitrogens with one attached hydrogen (secondary N) is 4. The van der Waals surface area contributed by atoms with Crippen molar-refractivity contribution in [3.05, 3.63) is 33.9 Å². The summed E-state index contributed by atoms with van der Waals surface area (Å²) >= 11 is 12.3. The van der Waals surface area contributed by atoms with E-state index in [4.69, 9.17) is 27.9 Å². The van der Waals surface area contributed by atoms with Crippen LogP contribution in [0.5, 0.6) is 0 Å². The molecule has 4 N–H and O–H groups in total. The molecule has 1 aromatic carbocycles. The van der Waals surface area contributed by atoms with Crippen molar-refractivity contribution < 1.29 is 23.9 Å². The Morgan fingerprint density at radius 3 is 2.50 bits per heavy atom. The maximum atomic E-state index is 13.3. The molecule has 0 saturated carbocycles.